The van der Waals surface area contributed by atoms with E-state index in [9.17, 15) is 5.11 Å². The predicted octanol–water partition coefficient (Wildman–Crippen LogP) is 2.02. The van der Waals surface area contributed by atoms with Crippen LogP contribution in [0.4, 0.5) is 11.4 Å². The highest BCUT2D eigenvalue weighted by Gasteiger charge is 2.38. The summed E-state index contributed by atoms with van der Waals surface area (Å²) in [5.41, 5.74) is 7.82. The van der Waals surface area contributed by atoms with Crippen molar-refractivity contribution in [3.8, 4) is 11.5 Å². The molecule has 2 aliphatic heterocycles. The molecule has 1 unspecified atom stereocenters. The molecule has 0 bridgehead atoms. The lowest BCUT2D eigenvalue weighted by Gasteiger charge is -2.43. The van der Waals surface area contributed by atoms with Crippen molar-refractivity contribution in [1.82, 2.24) is 0 Å². The zero-order valence-electron chi connectivity index (χ0n) is 12.1. The molecule has 2 aliphatic rings. The van der Waals surface area contributed by atoms with Gasteiger partial charge in [-0.15, -0.1) is 0 Å². The molecule has 1 fully saturated rings. The maximum Gasteiger partial charge on any atom is 0.151 e. The van der Waals surface area contributed by atoms with Crippen LogP contribution in [0.5, 0.6) is 11.5 Å². The fraction of sp³-hybridized carbons (Fsp3) is 0.294. The van der Waals surface area contributed by atoms with E-state index in [4.69, 9.17) is 15.2 Å². The van der Waals surface area contributed by atoms with E-state index in [0.29, 0.717) is 13.2 Å². The van der Waals surface area contributed by atoms with Crippen molar-refractivity contribution in [2.45, 2.75) is 18.2 Å². The number of aliphatic hydroxyl groups excluding tert-OH is 1. The normalized spacial score (nSPS) is 26.8. The third-order valence-corrected chi connectivity index (χ3v) is 4.23. The third-order valence-electron chi connectivity index (χ3n) is 4.23. The van der Waals surface area contributed by atoms with Gasteiger partial charge in [-0.2, -0.15) is 0 Å². The molecule has 3 N–H and O–H groups in total. The zero-order valence-corrected chi connectivity index (χ0v) is 12.1. The smallest absolute Gasteiger partial charge is 0.151 e. The molecule has 2 heterocycles. The van der Waals surface area contributed by atoms with Crippen LogP contribution >= 0.6 is 0 Å². The minimum atomic E-state index is -0.659. The average Bonchev–Trinajstić information content (AvgIpc) is 2.55. The van der Waals surface area contributed by atoms with Gasteiger partial charge in [-0.05, 0) is 24.3 Å². The van der Waals surface area contributed by atoms with Gasteiger partial charge in [-0.1, -0.05) is 24.3 Å². The Morgan fingerprint density at radius 2 is 1.55 bits per heavy atom. The van der Waals surface area contributed by atoms with Crippen LogP contribution in [0.1, 0.15) is 0 Å². The van der Waals surface area contributed by atoms with Crippen molar-refractivity contribution >= 4 is 11.4 Å². The number of ether oxygens (including phenoxy) is 2. The number of nitrogens with zero attached hydrogens (tertiary/aromatic N) is 1. The highest BCUT2D eigenvalue weighted by molar-refractivity contribution is 5.78. The Labute approximate surface area is 128 Å². The molecular weight excluding hydrogens is 280 g/mol. The van der Waals surface area contributed by atoms with Crippen LogP contribution < -0.4 is 15.4 Å². The number of nitrogens with two attached hydrogens (primary N) is 1. The molecule has 5 nitrogen and oxygen atoms in total. The second-order valence-corrected chi connectivity index (χ2v) is 5.67. The monoisotopic (exact) mass is 298 g/mol. The van der Waals surface area contributed by atoms with E-state index in [1.54, 1.807) is 0 Å². The van der Waals surface area contributed by atoms with Crippen molar-refractivity contribution in [3.63, 3.8) is 0 Å². The second-order valence-electron chi connectivity index (χ2n) is 5.67. The van der Waals surface area contributed by atoms with Gasteiger partial charge in [0.2, 0.25) is 0 Å². The lowest BCUT2D eigenvalue weighted by atomic mass is 9.98. The van der Waals surface area contributed by atoms with Crippen LogP contribution in [0.15, 0.2) is 48.5 Å². The van der Waals surface area contributed by atoms with Crippen molar-refractivity contribution in [2.75, 3.05) is 18.1 Å². The molecule has 0 saturated carbocycles. The number of benzene rings is 2. The standard InChI is InChI=1S/C17H18N2O3/c18-11-9-21-10-14(17(11)20)19-12-5-1-3-7-15(12)22-16-8-4-2-6-13(16)19/h1-8,11,14,17,20H,9-10,18H2/t11-,14?,17+/m1/s1. The van der Waals surface area contributed by atoms with Crippen LogP contribution in [0.2, 0.25) is 0 Å². The van der Waals surface area contributed by atoms with Gasteiger partial charge in [-0.25, -0.2) is 0 Å². The van der Waals surface area contributed by atoms with E-state index in [1.165, 1.54) is 0 Å². The fourth-order valence-corrected chi connectivity index (χ4v) is 3.13. The highest BCUT2D eigenvalue weighted by atomic mass is 16.5. The third kappa shape index (κ3) is 2.06. The topological polar surface area (TPSA) is 68.0 Å². The quantitative estimate of drug-likeness (QED) is 0.843. The molecule has 3 atom stereocenters. The van der Waals surface area contributed by atoms with Crippen LogP contribution in [0, 0.1) is 0 Å². The van der Waals surface area contributed by atoms with E-state index >= 15 is 0 Å². The van der Waals surface area contributed by atoms with Crippen LogP contribution in [-0.2, 0) is 4.74 Å². The summed E-state index contributed by atoms with van der Waals surface area (Å²) in [4.78, 5) is 2.08. The van der Waals surface area contributed by atoms with Crippen LogP contribution in [0.25, 0.3) is 0 Å². The van der Waals surface area contributed by atoms with E-state index in [-0.39, 0.29) is 12.1 Å². The van der Waals surface area contributed by atoms with E-state index in [2.05, 4.69) is 4.90 Å². The zero-order chi connectivity index (χ0) is 15.1. The summed E-state index contributed by atoms with van der Waals surface area (Å²) in [6.07, 6.45) is -0.659. The number of rotatable bonds is 1. The Balaban J connectivity index is 1.84. The summed E-state index contributed by atoms with van der Waals surface area (Å²) < 4.78 is 11.5. The number of aliphatic hydroxyl groups is 1. The van der Waals surface area contributed by atoms with Crippen LogP contribution in [-0.4, -0.2) is 36.5 Å². The number of hydrogen-bond donors (Lipinski definition) is 2. The van der Waals surface area contributed by atoms with Gasteiger partial charge in [0, 0.05) is 0 Å². The fourth-order valence-electron chi connectivity index (χ4n) is 3.13. The Morgan fingerprint density at radius 1 is 0.955 bits per heavy atom. The van der Waals surface area contributed by atoms with Crippen molar-refractivity contribution < 1.29 is 14.6 Å². The molecule has 2 aromatic rings. The van der Waals surface area contributed by atoms with Crippen LogP contribution in [0.3, 0.4) is 0 Å². The number of hydrogen-bond acceptors (Lipinski definition) is 5. The second kappa shape index (κ2) is 5.28. The molecule has 5 heteroatoms. The summed E-state index contributed by atoms with van der Waals surface area (Å²) in [7, 11) is 0. The summed E-state index contributed by atoms with van der Waals surface area (Å²) in [6.45, 7) is 0.808. The largest absolute Gasteiger partial charge is 0.453 e. The lowest BCUT2D eigenvalue weighted by Crippen LogP contribution is -2.58. The number of anilines is 2. The number of fused-ring (bicyclic) bond motifs is 2. The van der Waals surface area contributed by atoms with Gasteiger partial charge in [0.1, 0.15) is 0 Å². The molecule has 2 aromatic carbocycles. The lowest BCUT2D eigenvalue weighted by molar-refractivity contribution is -0.0195. The molecule has 0 radical (unpaired) electrons. The first-order chi connectivity index (χ1) is 10.8. The first-order valence-electron chi connectivity index (χ1n) is 7.42. The molecule has 1 saturated heterocycles. The van der Waals surface area contributed by atoms with Gasteiger partial charge < -0.3 is 25.2 Å². The summed E-state index contributed by atoms with van der Waals surface area (Å²) in [6, 6.07) is 15.0. The number of para-hydroxylation sites is 4. The van der Waals surface area contributed by atoms with E-state index in [0.717, 1.165) is 22.9 Å². The Hall–Kier alpha value is -2.08. The molecule has 114 valence electrons. The van der Waals surface area contributed by atoms with E-state index < -0.39 is 6.10 Å². The van der Waals surface area contributed by atoms with Gasteiger partial charge in [0.05, 0.1) is 42.8 Å². The predicted molar refractivity (Wildman–Crippen MR) is 83.7 cm³/mol. The summed E-state index contributed by atoms with van der Waals surface area (Å²) >= 11 is 0. The molecule has 0 aliphatic carbocycles. The molecule has 4 rings (SSSR count). The molecule has 0 amide bonds. The maximum absolute atomic E-state index is 10.6. The van der Waals surface area contributed by atoms with Crippen molar-refractivity contribution in [1.29, 1.82) is 0 Å². The van der Waals surface area contributed by atoms with Gasteiger partial charge in [0.15, 0.2) is 11.5 Å². The van der Waals surface area contributed by atoms with Gasteiger partial charge >= 0.3 is 0 Å². The molecule has 0 aromatic heterocycles. The van der Waals surface area contributed by atoms with Crippen molar-refractivity contribution in [2.24, 2.45) is 5.73 Å². The van der Waals surface area contributed by atoms with Gasteiger partial charge in [0.25, 0.3) is 0 Å². The van der Waals surface area contributed by atoms with Crippen molar-refractivity contribution in [3.05, 3.63) is 48.5 Å². The first kappa shape index (κ1) is 13.6. The molecule has 22 heavy (non-hydrogen) atoms. The molecule has 0 spiro atoms. The Morgan fingerprint density at radius 3 is 2.18 bits per heavy atom. The maximum atomic E-state index is 10.6. The Bertz CT molecular complexity index is 646. The summed E-state index contributed by atoms with van der Waals surface area (Å²) in [5, 5.41) is 10.6. The van der Waals surface area contributed by atoms with Gasteiger partial charge in [-0.3, -0.25) is 0 Å². The minimum absolute atomic E-state index is 0.241. The SMILES string of the molecule is N[C@@H]1COCC(N2c3ccccc3Oc3ccccc32)[C@H]1O. The summed E-state index contributed by atoms with van der Waals surface area (Å²) in [5.74, 6) is 1.54. The molecular formula is C17H18N2O3. The minimum Gasteiger partial charge on any atom is -0.453 e. The van der Waals surface area contributed by atoms with E-state index in [1.807, 2.05) is 48.5 Å². The average molecular weight is 298 g/mol. The first-order valence-corrected chi connectivity index (χ1v) is 7.42. The highest BCUT2D eigenvalue weighted by Crippen LogP contribution is 2.48. The Kier molecular flexibility index (Phi) is 3.26.